The van der Waals surface area contributed by atoms with Crippen molar-refractivity contribution in [2.75, 3.05) is 9.91 Å². The van der Waals surface area contributed by atoms with Crippen LogP contribution in [0.25, 0.3) is 0 Å². The van der Waals surface area contributed by atoms with E-state index in [0.29, 0.717) is 11.4 Å². The number of carbonyl (C=O) groups excluding carboxylic acids is 3. The highest BCUT2D eigenvalue weighted by atomic mass is 79.9. The van der Waals surface area contributed by atoms with Gasteiger partial charge >= 0.3 is 0 Å². The standard InChI is InChI=1S/C20H16BrN3O3/c1-11-4-3-5-15(10-11)24-18-16(17(22-24)12(2)25)19(26)23(20(18)27)14-8-6-13(21)7-9-14/h3-10,16,18H,1-2H3. The van der Waals surface area contributed by atoms with Crippen LogP contribution in [0.15, 0.2) is 58.1 Å². The maximum absolute atomic E-state index is 13.2. The van der Waals surface area contributed by atoms with Crippen LogP contribution in [0, 0.1) is 12.8 Å². The van der Waals surface area contributed by atoms with E-state index in [1.165, 1.54) is 11.9 Å². The van der Waals surface area contributed by atoms with Gasteiger partial charge in [-0.05, 0) is 48.9 Å². The maximum atomic E-state index is 13.2. The van der Waals surface area contributed by atoms with E-state index in [1.807, 2.05) is 31.2 Å². The Morgan fingerprint density at radius 1 is 1.04 bits per heavy atom. The van der Waals surface area contributed by atoms with Crippen molar-refractivity contribution in [3.63, 3.8) is 0 Å². The van der Waals surface area contributed by atoms with Crippen molar-refractivity contribution in [2.24, 2.45) is 11.0 Å². The molecule has 0 spiro atoms. The molecule has 1 fully saturated rings. The van der Waals surface area contributed by atoms with Gasteiger partial charge in [-0.1, -0.05) is 28.1 Å². The molecular weight excluding hydrogens is 410 g/mol. The Morgan fingerprint density at radius 3 is 2.37 bits per heavy atom. The lowest BCUT2D eigenvalue weighted by atomic mass is 9.95. The molecule has 0 bridgehead atoms. The van der Waals surface area contributed by atoms with Crippen molar-refractivity contribution in [3.8, 4) is 0 Å². The molecule has 6 nitrogen and oxygen atoms in total. The number of hydrogen-bond donors (Lipinski definition) is 0. The molecule has 4 rings (SSSR count). The summed E-state index contributed by atoms with van der Waals surface area (Å²) in [4.78, 5) is 39.5. The molecule has 2 aliphatic rings. The number of benzene rings is 2. The summed E-state index contributed by atoms with van der Waals surface area (Å²) in [6.45, 7) is 3.30. The number of anilines is 2. The Bertz CT molecular complexity index is 1000. The highest BCUT2D eigenvalue weighted by Gasteiger charge is 2.58. The zero-order valence-corrected chi connectivity index (χ0v) is 16.3. The van der Waals surface area contributed by atoms with Crippen LogP contribution >= 0.6 is 15.9 Å². The summed E-state index contributed by atoms with van der Waals surface area (Å²) in [5.41, 5.74) is 2.28. The summed E-state index contributed by atoms with van der Waals surface area (Å²) in [5.74, 6) is -2.00. The lowest BCUT2D eigenvalue weighted by Gasteiger charge is -2.22. The number of amides is 2. The predicted molar refractivity (Wildman–Crippen MR) is 106 cm³/mol. The number of carbonyl (C=O) groups is 3. The van der Waals surface area contributed by atoms with Crippen molar-refractivity contribution in [2.45, 2.75) is 19.9 Å². The number of nitrogens with zero attached hydrogens (tertiary/aromatic N) is 3. The van der Waals surface area contributed by atoms with Gasteiger partial charge in [0.1, 0.15) is 17.7 Å². The Kier molecular flexibility index (Phi) is 4.19. The molecule has 27 heavy (non-hydrogen) atoms. The Labute approximate surface area is 164 Å². The van der Waals surface area contributed by atoms with Crippen LogP contribution in [0.4, 0.5) is 11.4 Å². The quantitative estimate of drug-likeness (QED) is 0.708. The first-order chi connectivity index (χ1) is 12.9. The summed E-state index contributed by atoms with van der Waals surface area (Å²) in [6, 6.07) is 13.6. The van der Waals surface area contributed by atoms with Crippen LogP contribution in [0.1, 0.15) is 12.5 Å². The van der Waals surface area contributed by atoms with Crippen LogP contribution < -0.4 is 9.91 Å². The topological polar surface area (TPSA) is 70.1 Å². The highest BCUT2D eigenvalue weighted by molar-refractivity contribution is 9.10. The minimum Gasteiger partial charge on any atom is -0.293 e. The van der Waals surface area contributed by atoms with E-state index in [1.54, 1.807) is 24.3 Å². The van der Waals surface area contributed by atoms with E-state index >= 15 is 0 Å². The number of fused-ring (bicyclic) bond motifs is 1. The van der Waals surface area contributed by atoms with Gasteiger partial charge in [-0.2, -0.15) is 5.10 Å². The molecule has 2 atom stereocenters. The third-order valence-electron chi connectivity index (χ3n) is 4.76. The minimum absolute atomic E-state index is 0.125. The monoisotopic (exact) mass is 425 g/mol. The second kappa shape index (κ2) is 6.42. The molecule has 1 saturated heterocycles. The van der Waals surface area contributed by atoms with Gasteiger partial charge in [0.05, 0.1) is 11.4 Å². The van der Waals surface area contributed by atoms with Gasteiger partial charge in [-0.15, -0.1) is 0 Å². The highest BCUT2D eigenvalue weighted by Crippen LogP contribution is 2.38. The molecule has 2 aromatic carbocycles. The molecular formula is C20H16BrN3O3. The molecule has 0 aromatic heterocycles. The van der Waals surface area contributed by atoms with Gasteiger partial charge in [0.25, 0.3) is 5.91 Å². The molecule has 2 aromatic rings. The molecule has 0 radical (unpaired) electrons. The van der Waals surface area contributed by atoms with Gasteiger partial charge in [0.15, 0.2) is 5.78 Å². The van der Waals surface area contributed by atoms with Crippen molar-refractivity contribution in [1.29, 1.82) is 0 Å². The fraction of sp³-hybridized carbons (Fsp3) is 0.200. The summed E-state index contributed by atoms with van der Waals surface area (Å²) in [5, 5.41) is 5.86. The van der Waals surface area contributed by atoms with Gasteiger partial charge in [-0.25, -0.2) is 4.90 Å². The first-order valence-corrected chi connectivity index (χ1v) is 9.26. The molecule has 0 N–H and O–H groups in total. The second-order valence-corrected chi connectivity index (χ2v) is 7.55. The lowest BCUT2D eigenvalue weighted by Crippen LogP contribution is -2.39. The molecule has 7 heteroatoms. The van der Waals surface area contributed by atoms with E-state index in [4.69, 9.17) is 0 Å². The van der Waals surface area contributed by atoms with Crippen molar-refractivity contribution in [1.82, 2.24) is 0 Å². The second-order valence-electron chi connectivity index (χ2n) is 6.64. The molecule has 136 valence electrons. The first kappa shape index (κ1) is 17.6. The number of ketones is 1. The lowest BCUT2D eigenvalue weighted by molar-refractivity contribution is -0.122. The number of rotatable bonds is 3. The molecule has 2 unspecified atom stereocenters. The number of imide groups is 1. The third-order valence-corrected chi connectivity index (χ3v) is 5.29. The number of hydrogen-bond acceptors (Lipinski definition) is 5. The van der Waals surface area contributed by atoms with Gasteiger partial charge in [0, 0.05) is 11.4 Å². The first-order valence-electron chi connectivity index (χ1n) is 8.47. The van der Waals surface area contributed by atoms with Crippen molar-refractivity contribution >= 4 is 50.6 Å². The average molecular weight is 426 g/mol. The summed E-state index contributed by atoms with van der Waals surface area (Å²) in [6.07, 6.45) is 0. The number of Topliss-reactive ketones (excluding diaryl/α,β-unsaturated/α-hetero) is 1. The minimum atomic E-state index is -0.890. The Hall–Kier alpha value is -2.80. The Morgan fingerprint density at radius 2 is 1.74 bits per heavy atom. The van der Waals surface area contributed by atoms with E-state index in [2.05, 4.69) is 21.0 Å². The number of aryl methyl sites for hydroxylation is 1. The van der Waals surface area contributed by atoms with Crippen LogP contribution in [-0.2, 0) is 14.4 Å². The molecule has 0 saturated carbocycles. The zero-order chi connectivity index (χ0) is 19.3. The smallest absolute Gasteiger partial charge is 0.259 e. The van der Waals surface area contributed by atoms with E-state index in [-0.39, 0.29) is 17.4 Å². The van der Waals surface area contributed by atoms with Crippen LogP contribution in [0.5, 0.6) is 0 Å². The summed E-state index contributed by atoms with van der Waals surface area (Å²) in [7, 11) is 0. The Balaban J connectivity index is 1.80. The van der Waals surface area contributed by atoms with Gasteiger partial charge < -0.3 is 0 Å². The largest absolute Gasteiger partial charge is 0.293 e. The maximum Gasteiger partial charge on any atom is 0.259 e. The zero-order valence-electron chi connectivity index (χ0n) is 14.7. The van der Waals surface area contributed by atoms with E-state index in [0.717, 1.165) is 14.9 Å². The molecule has 0 aliphatic carbocycles. The van der Waals surface area contributed by atoms with Crippen molar-refractivity contribution in [3.05, 3.63) is 58.6 Å². The van der Waals surface area contributed by atoms with E-state index < -0.39 is 17.9 Å². The number of halogens is 1. The average Bonchev–Trinajstić information content (AvgIpc) is 3.14. The van der Waals surface area contributed by atoms with Crippen LogP contribution in [0.2, 0.25) is 0 Å². The molecule has 2 heterocycles. The molecule has 2 amide bonds. The van der Waals surface area contributed by atoms with Crippen molar-refractivity contribution < 1.29 is 14.4 Å². The number of hydrazone groups is 1. The molecule has 2 aliphatic heterocycles. The fourth-order valence-electron chi connectivity index (χ4n) is 3.53. The predicted octanol–water partition coefficient (Wildman–Crippen LogP) is 3.08. The van der Waals surface area contributed by atoms with Crippen LogP contribution in [0.3, 0.4) is 0 Å². The normalized spacial score (nSPS) is 21.5. The van der Waals surface area contributed by atoms with Crippen LogP contribution in [-0.4, -0.2) is 29.4 Å². The summed E-state index contributed by atoms with van der Waals surface area (Å²) < 4.78 is 0.845. The van der Waals surface area contributed by atoms with Gasteiger partial charge in [0.2, 0.25) is 5.91 Å². The third kappa shape index (κ3) is 2.78. The van der Waals surface area contributed by atoms with E-state index in [9.17, 15) is 14.4 Å². The fourth-order valence-corrected chi connectivity index (χ4v) is 3.80. The van der Waals surface area contributed by atoms with Gasteiger partial charge in [-0.3, -0.25) is 19.4 Å². The summed E-state index contributed by atoms with van der Waals surface area (Å²) >= 11 is 3.35. The SMILES string of the molecule is CC(=O)C1=NN(c2cccc(C)c2)C2C(=O)N(c3ccc(Br)cc3)C(=O)C12.